The Labute approximate surface area is 140 Å². The summed E-state index contributed by atoms with van der Waals surface area (Å²) in [6.45, 7) is 6.27. The second kappa shape index (κ2) is 9.07. The topological polar surface area (TPSA) is 40.5 Å². The summed E-state index contributed by atoms with van der Waals surface area (Å²) < 4.78 is 0. The zero-order valence-corrected chi connectivity index (χ0v) is 14.6. The summed E-state index contributed by atoms with van der Waals surface area (Å²) in [6.07, 6.45) is 5.68. The van der Waals surface area contributed by atoms with Crippen molar-refractivity contribution >= 4 is 5.91 Å². The van der Waals surface area contributed by atoms with Gasteiger partial charge in [-0.2, -0.15) is 0 Å². The van der Waals surface area contributed by atoms with Crippen molar-refractivity contribution in [3.05, 3.63) is 35.4 Å². The summed E-state index contributed by atoms with van der Waals surface area (Å²) in [7, 11) is 0. The van der Waals surface area contributed by atoms with Gasteiger partial charge in [-0.1, -0.05) is 38.1 Å². The van der Waals surface area contributed by atoms with Crippen molar-refractivity contribution in [3.63, 3.8) is 0 Å². The number of hydrogen-bond donors (Lipinski definition) is 1. The number of piperidine rings is 1. The lowest BCUT2D eigenvalue weighted by Crippen LogP contribution is -2.40. The van der Waals surface area contributed by atoms with Gasteiger partial charge in [0.1, 0.15) is 0 Å². The summed E-state index contributed by atoms with van der Waals surface area (Å²) in [5, 5.41) is 9.25. The van der Waals surface area contributed by atoms with E-state index in [1.165, 1.54) is 11.1 Å². The van der Waals surface area contributed by atoms with Crippen molar-refractivity contribution in [2.45, 2.75) is 52.4 Å². The Morgan fingerprint density at radius 2 is 1.96 bits per heavy atom. The average molecular weight is 317 g/mol. The highest BCUT2D eigenvalue weighted by atomic mass is 16.3. The fourth-order valence-corrected chi connectivity index (χ4v) is 3.36. The lowest BCUT2D eigenvalue weighted by Gasteiger charge is -2.32. The van der Waals surface area contributed by atoms with Gasteiger partial charge in [-0.25, -0.2) is 0 Å². The Balaban J connectivity index is 1.72. The zero-order valence-electron chi connectivity index (χ0n) is 14.6. The third-order valence-corrected chi connectivity index (χ3v) is 4.65. The Hall–Kier alpha value is -1.35. The number of carbonyl (C=O) groups excluding carboxylic acids is 1. The molecule has 1 aliphatic rings. The highest BCUT2D eigenvalue weighted by molar-refractivity contribution is 5.76. The Kier molecular flexibility index (Phi) is 7.10. The van der Waals surface area contributed by atoms with E-state index in [0.717, 1.165) is 45.2 Å². The van der Waals surface area contributed by atoms with Crippen molar-refractivity contribution < 1.29 is 9.90 Å². The van der Waals surface area contributed by atoms with Gasteiger partial charge in [-0.3, -0.25) is 4.79 Å². The van der Waals surface area contributed by atoms with Crippen LogP contribution in [0.3, 0.4) is 0 Å². The van der Waals surface area contributed by atoms with Gasteiger partial charge in [0.2, 0.25) is 5.91 Å². The second-order valence-corrected chi connectivity index (χ2v) is 7.30. The molecule has 1 aromatic carbocycles. The molecule has 0 aliphatic carbocycles. The second-order valence-electron chi connectivity index (χ2n) is 7.30. The maximum Gasteiger partial charge on any atom is 0.222 e. The van der Waals surface area contributed by atoms with Gasteiger partial charge >= 0.3 is 0 Å². The highest BCUT2D eigenvalue weighted by Crippen LogP contribution is 2.17. The maximum absolute atomic E-state index is 12.3. The molecule has 3 heteroatoms. The van der Waals surface area contributed by atoms with Crippen LogP contribution in [0.15, 0.2) is 24.3 Å². The van der Waals surface area contributed by atoms with Crippen LogP contribution in [0.2, 0.25) is 0 Å². The molecule has 1 atom stereocenters. The van der Waals surface area contributed by atoms with Gasteiger partial charge in [0.15, 0.2) is 0 Å². The molecule has 1 saturated heterocycles. The van der Waals surface area contributed by atoms with Crippen molar-refractivity contribution in [2.75, 3.05) is 19.7 Å². The van der Waals surface area contributed by atoms with Gasteiger partial charge in [-0.05, 0) is 55.1 Å². The number of aliphatic hydroxyl groups excluding tert-OH is 1. The molecule has 1 unspecified atom stereocenters. The van der Waals surface area contributed by atoms with Crippen molar-refractivity contribution in [2.24, 2.45) is 11.8 Å². The van der Waals surface area contributed by atoms with E-state index < -0.39 is 0 Å². The number of aryl methyl sites for hydroxylation is 1. The van der Waals surface area contributed by atoms with E-state index in [1.807, 2.05) is 4.90 Å². The van der Waals surface area contributed by atoms with Gasteiger partial charge in [0.05, 0.1) is 0 Å². The van der Waals surface area contributed by atoms with Crippen LogP contribution in [0.5, 0.6) is 0 Å². The van der Waals surface area contributed by atoms with E-state index in [9.17, 15) is 9.90 Å². The first kappa shape index (κ1) is 18.0. The molecular formula is C20H31NO2. The minimum absolute atomic E-state index is 0.201. The molecule has 0 saturated carbocycles. The molecule has 0 aromatic heterocycles. The molecular weight excluding hydrogens is 286 g/mol. The maximum atomic E-state index is 12.3. The van der Waals surface area contributed by atoms with E-state index in [0.29, 0.717) is 12.3 Å². The molecule has 0 radical (unpaired) electrons. The van der Waals surface area contributed by atoms with Crippen LogP contribution in [-0.2, 0) is 17.6 Å². The van der Waals surface area contributed by atoms with Gasteiger partial charge in [0, 0.05) is 26.1 Å². The third kappa shape index (κ3) is 5.98. The minimum atomic E-state index is 0.201. The predicted molar refractivity (Wildman–Crippen MR) is 94.3 cm³/mol. The SMILES string of the molecule is CC(C)Cc1ccc(CCCC(=O)N2CCCC(CO)C2)cc1. The number of aliphatic hydroxyl groups is 1. The first-order valence-corrected chi connectivity index (χ1v) is 9.05. The van der Waals surface area contributed by atoms with Gasteiger partial charge < -0.3 is 10.0 Å². The van der Waals surface area contributed by atoms with Crippen LogP contribution >= 0.6 is 0 Å². The van der Waals surface area contributed by atoms with Crippen molar-refractivity contribution in [3.8, 4) is 0 Å². The van der Waals surface area contributed by atoms with Crippen LogP contribution in [0.1, 0.15) is 50.7 Å². The van der Waals surface area contributed by atoms with Crippen LogP contribution in [-0.4, -0.2) is 35.6 Å². The Bertz CT molecular complexity index is 481. The van der Waals surface area contributed by atoms with Crippen LogP contribution in [0, 0.1) is 11.8 Å². The number of rotatable bonds is 7. The number of likely N-dealkylation sites (tertiary alicyclic amines) is 1. The molecule has 1 aliphatic heterocycles. The summed E-state index contributed by atoms with van der Waals surface area (Å²) >= 11 is 0. The molecule has 23 heavy (non-hydrogen) atoms. The summed E-state index contributed by atoms with van der Waals surface area (Å²) in [4.78, 5) is 14.2. The Morgan fingerprint density at radius 3 is 2.61 bits per heavy atom. The molecule has 2 rings (SSSR count). The van der Waals surface area contributed by atoms with E-state index >= 15 is 0 Å². The summed E-state index contributed by atoms with van der Waals surface area (Å²) in [6, 6.07) is 8.83. The number of benzene rings is 1. The number of hydrogen-bond acceptors (Lipinski definition) is 2. The van der Waals surface area contributed by atoms with Gasteiger partial charge in [-0.15, -0.1) is 0 Å². The standard InChI is InChI=1S/C20H31NO2/c1-16(2)13-18-10-8-17(9-11-18)5-3-7-20(23)21-12-4-6-19(14-21)15-22/h8-11,16,19,22H,3-7,12-15H2,1-2H3. The Morgan fingerprint density at radius 1 is 1.26 bits per heavy atom. The summed E-state index contributed by atoms with van der Waals surface area (Å²) in [5.41, 5.74) is 2.71. The smallest absolute Gasteiger partial charge is 0.222 e. The molecule has 1 fully saturated rings. The molecule has 3 nitrogen and oxygen atoms in total. The predicted octanol–water partition coefficient (Wildman–Crippen LogP) is 3.44. The molecule has 1 amide bonds. The molecule has 1 aromatic rings. The quantitative estimate of drug-likeness (QED) is 0.837. The zero-order chi connectivity index (χ0) is 16.7. The van der Waals surface area contributed by atoms with Crippen molar-refractivity contribution in [1.29, 1.82) is 0 Å². The van der Waals surface area contributed by atoms with Crippen LogP contribution in [0.4, 0.5) is 0 Å². The monoisotopic (exact) mass is 317 g/mol. The van der Waals surface area contributed by atoms with E-state index in [-0.39, 0.29) is 18.4 Å². The fourth-order valence-electron chi connectivity index (χ4n) is 3.36. The van der Waals surface area contributed by atoms with E-state index in [4.69, 9.17) is 0 Å². The molecule has 128 valence electrons. The average Bonchev–Trinajstić information content (AvgIpc) is 2.56. The van der Waals surface area contributed by atoms with Crippen LogP contribution < -0.4 is 0 Å². The molecule has 0 spiro atoms. The van der Waals surface area contributed by atoms with Crippen LogP contribution in [0.25, 0.3) is 0 Å². The number of nitrogens with zero attached hydrogens (tertiary/aromatic N) is 1. The lowest BCUT2D eigenvalue weighted by atomic mass is 9.98. The fraction of sp³-hybridized carbons (Fsp3) is 0.650. The molecule has 1 N–H and O–H groups in total. The number of carbonyl (C=O) groups is 1. The van der Waals surface area contributed by atoms with E-state index in [1.54, 1.807) is 0 Å². The summed E-state index contributed by atoms with van der Waals surface area (Å²) in [5.74, 6) is 1.21. The molecule has 1 heterocycles. The normalized spacial score (nSPS) is 18.4. The largest absolute Gasteiger partial charge is 0.396 e. The van der Waals surface area contributed by atoms with E-state index in [2.05, 4.69) is 38.1 Å². The highest BCUT2D eigenvalue weighted by Gasteiger charge is 2.22. The van der Waals surface area contributed by atoms with Crippen molar-refractivity contribution in [1.82, 2.24) is 4.90 Å². The first-order chi connectivity index (χ1) is 11.1. The number of amides is 1. The third-order valence-electron chi connectivity index (χ3n) is 4.65. The molecule has 0 bridgehead atoms. The minimum Gasteiger partial charge on any atom is -0.396 e. The first-order valence-electron chi connectivity index (χ1n) is 9.05. The lowest BCUT2D eigenvalue weighted by molar-refractivity contribution is -0.133. The van der Waals surface area contributed by atoms with Gasteiger partial charge in [0.25, 0.3) is 0 Å².